The third kappa shape index (κ3) is 2.77. The van der Waals surface area contributed by atoms with Gasteiger partial charge in [-0.2, -0.15) is 5.10 Å². The summed E-state index contributed by atoms with van der Waals surface area (Å²) in [7, 11) is -3.88. The van der Waals surface area contributed by atoms with Crippen molar-refractivity contribution < 1.29 is 12.8 Å². The Morgan fingerprint density at radius 1 is 1.50 bits per heavy atom. The van der Waals surface area contributed by atoms with E-state index >= 15 is 0 Å². The molecule has 0 saturated carbocycles. The number of nitrogens with one attached hydrogen (secondary N) is 2. The van der Waals surface area contributed by atoms with Gasteiger partial charge in [0.2, 0.25) is 0 Å². The molecule has 0 aliphatic carbocycles. The number of hydrogen-bond acceptors (Lipinski definition) is 4. The largest absolute Gasteiger partial charge is 0.325 e. The lowest BCUT2D eigenvalue weighted by Gasteiger charge is -2.09. The van der Waals surface area contributed by atoms with E-state index in [2.05, 4.69) is 14.9 Å². The highest BCUT2D eigenvalue weighted by Crippen LogP contribution is 2.24. The van der Waals surface area contributed by atoms with Crippen molar-refractivity contribution in [1.82, 2.24) is 10.2 Å². The van der Waals surface area contributed by atoms with Gasteiger partial charge in [0.25, 0.3) is 10.0 Å². The van der Waals surface area contributed by atoms with Gasteiger partial charge in [-0.1, -0.05) is 11.6 Å². The quantitative estimate of drug-likeness (QED) is 0.799. The molecule has 0 saturated heterocycles. The molecule has 108 valence electrons. The lowest BCUT2D eigenvalue weighted by Crippen LogP contribution is -2.16. The molecule has 1 aromatic heterocycles. The second-order valence-corrected chi connectivity index (χ2v) is 6.09. The number of aromatic amines is 1. The van der Waals surface area contributed by atoms with Crippen LogP contribution in [0.5, 0.6) is 0 Å². The Morgan fingerprint density at radius 2 is 2.20 bits per heavy atom. The SMILES string of the molecule is Cc1[nH]nc(CN)c1S(=O)(=O)Nc1ccc(F)c(Cl)c1. The van der Waals surface area contributed by atoms with Gasteiger partial charge in [0, 0.05) is 6.54 Å². The Bertz CT molecular complexity index is 745. The summed E-state index contributed by atoms with van der Waals surface area (Å²) < 4.78 is 39.9. The Balaban J connectivity index is 2.40. The second-order valence-electron chi connectivity index (χ2n) is 4.06. The molecule has 6 nitrogen and oxygen atoms in total. The van der Waals surface area contributed by atoms with Crippen LogP contribution in [0.2, 0.25) is 5.02 Å². The first-order chi connectivity index (χ1) is 9.35. The van der Waals surface area contributed by atoms with Gasteiger partial charge in [0.15, 0.2) is 0 Å². The number of rotatable bonds is 4. The van der Waals surface area contributed by atoms with Crippen LogP contribution in [0.25, 0.3) is 0 Å². The van der Waals surface area contributed by atoms with E-state index in [0.29, 0.717) is 5.69 Å². The number of H-pyrrole nitrogens is 1. The van der Waals surface area contributed by atoms with E-state index in [1.807, 2.05) is 0 Å². The maximum Gasteiger partial charge on any atom is 0.265 e. The Morgan fingerprint density at radius 3 is 2.80 bits per heavy atom. The van der Waals surface area contributed by atoms with Gasteiger partial charge in [-0.25, -0.2) is 12.8 Å². The zero-order valence-electron chi connectivity index (χ0n) is 10.4. The van der Waals surface area contributed by atoms with Crippen molar-refractivity contribution >= 4 is 27.3 Å². The maximum atomic E-state index is 13.0. The minimum absolute atomic E-state index is 0.0135. The van der Waals surface area contributed by atoms with Crippen molar-refractivity contribution in [2.75, 3.05) is 4.72 Å². The number of aryl methyl sites for hydroxylation is 1. The van der Waals surface area contributed by atoms with Crippen molar-refractivity contribution in [3.63, 3.8) is 0 Å². The van der Waals surface area contributed by atoms with E-state index in [1.165, 1.54) is 12.1 Å². The van der Waals surface area contributed by atoms with Gasteiger partial charge in [-0.15, -0.1) is 0 Å². The topological polar surface area (TPSA) is 101 Å². The average molecular weight is 319 g/mol. The van der Waals surface area contributed by atoms with Crippen LogP contribution in [0.15, 0.2) is 23.1 Å². The third-order valence-corrected chi connectivity index (χ3v) is 4.47. The average Bonchev–Trinajstić information content (AvgIpc) is 2.75. The Hall–Kier alpha value is -1.64. The number of benzene rings is 1. The van der Waals surface area contributed by atoms with E-state index in [9.17, 15) is 12.8 Å². The van der Waals surface area contributed by atoms with Crippen LogP contribution >= 0.6 is 11.6 Å². The summed E-state index contributed by atoms with van der Waals surface area (Å²) >= 11 is 5.61. The number of halogens is 2. The van der Waals surface area contributed by atoms with Crippen LogP contribution in [0.3, 0.4) is 0 Å². The minimum Gasteiger partial charge on any atom is -0.325 e. The number of aromatic nitrogens is 2. The number of nitrogens with zero attached hydrogens (tertiary/aromatic N) is 1. The normalized spacial score (nSPS) is 11.6. The van der Waals surface area contributed by atoms with Gasteiger partial charge < -0.3 is 5.73 Å². The molecular formula is C11H12ClFN4O2S. The highest BCUT2D eigenvalue weighted by molar-refractivity contribution is 7.92. The molecule has 0 spiro atoms. The van der Waals surface area contributed by atoms with Gasteiger partial charge in [-0.3, -0.25) is 9.82 Å². The van der Waals surface area contributed by atoms with E-state index < -0.39 is 15.8 Å². The van der Waals surface area contributed by atoms with E-state index in [4.69, 9.17) is 17.3 Å². The molecule has 0 atom stereocenters. The lowest BCUT2D eigenvalue weighted by atomic mass is 10.3. The summed E-state index contributed by atoms with van der Waals surface area (Å²) in [5.41, 5.74) is 6.20. The zero-order chi connectivity index (χ0) is 14.9. The van der Waals surface area contributed by atoms with Crippen molar-refractivity contribution in [1.29, 1.82) is 0 Å². The van der Waals surface area contributed by atoms with Crippen molar-refractivity contribution in [2.24, 2.45) is 5.73 Å². The molecule has 0 fully saturated rings. The molecule has 2 rings (SSSR count). The summed E-state index contributed by atoms with van der Waals surface area (Å²) in [4.78, 5) is -0.0135. The predicted molar refractivity (Wildman–Crippen MR) is 73.4 cm³/mol. The summed E-state index contributed by atoms with van der Waals surface area (Å²) in [6.07, 6.45) is 0. The smallest absolute Gasteiger partial charge is 0.265 e. The lowest BCUT2D eigenvalue weighted by molar-refractivity contribution is 0.599. The molecule has 0 aliphatic heterocycles. The van der Waals surface area contributed by atoms with E-state index in [0.717, 1.165) is 6.07 Å². The third-order valence-electron chi connectivity index (χ3n) is 2.60. The van der Waals surface area contributed by atoms with Gasteiger partial charge in [0.1, 0.15) is 10.7 Å². The van der Waals surface area contributed by atoms with Crippen LogP contribution in [-0.2, 0) is 16.6 Å². The zero-order valence-corrected chi connectivity index (χ0v) is 12.0. The fraction of sp³-hybridized carbons (Fsp3) is 0.182. The van der Waals surface area contributed by atoms with Crippen molar-refractivity contribution in [3.8, 4) is 0 Å². The molecule has 0 aliphatic rings. The number of anilines is 1. The molecule has 0 amide bonds. The highest BCUT2D eigenvalue weighted by Gasteiger charge is 2.23. The van der Waals surface area contributed by atoms with E-state index in [1.54, 1.807) is 6.92 Å². The first kappa shape index (κ1) is 14.8. The molecule has 0 radical (unpaired) electrons. The van der Waals surface area contributed by atoms with Crippen LogP contribution in [0, 0.1) is 12.7 Å². The van der Waals surface area contributed by atoms with Crippen LogP contribution < -0.4 is 10.5 Å². The molecule has 4 N–H and O–H groups in total. The highest BCUT2D eigenvalue weighted by atomic mass is 35.5. The second kappa shape index (κ2) is 5.39. The molecule has 0 bridgehead atoms. The van der Waals surface area contributed by atoms with Gasteiger partial charge in [0.05, 0.1) is 22.1 Å². The van der Waals surface area contributed by atoms with Crippen LogP contribution in [0.1, 0.15) is 11.4 Å². The number of sulfonamides is 1. The molecule has 2 aromatic rings. The first-order valence-corrected chi connectivity index (χ1v) is 7.43. The fourth-order valence-corrected chi connectivity index (χ4v) is 3.34. The van der Waals surface area contributed by atoms with E-state index in [-0.39, 0.29) is 27.8 Å². The standard InChI is InChI=1S/C11H12ClFN4O2S/c1-6-11(10(5-14)16-15-6)20(18,19)17-7-2-3-9(13)8(12)4-7/h2-4,17H,5,14H2,1H3,(H,15,16). The molecule has 1 heterocycles. The van der Waals surface area contributed by atoms with Crippen molar-refractivity contribution in [3.05, 3.63) is 40.4 Å². The molecule has 1 aromatic carbocycles. The minimum atomic E-state index is -3.88. The van der Waals surface area contributed by atoms with Crippen molar-refractivity contribution in [2.45, 2.75) is 18.4 Å². The molecular weight excluding hydrogens is 307 g/mol. The number of nitrogens with two attached hydrogens (primary N) is 1. The van der Waals surface area contributed by atoms with Crippen LogP contribution in [0.4, 0.5) is 10.1 Å². The molecule has 20 heavy (non-hydrogen) atoms. The Kier molecular flexibility index (Phi) is 3.98. The van der Waals surface area contributed by atoms with Gasteiger partial charge in [-0.05, 0) is 25.1 Å². The van der Waals surface area contributed by atoms with Crippen LogP contribution in [-0.4, -0.2) is 18.6 Å². The maximum absolute atomic E-state index is 13.0. The summed E-state index contributed by atoms with van der Waals surface area (Å²) in [5.74, 6) is -0.628. The summed E-state index contributed by atoms with van der Waals surface area (Å²) in [5, 5.41) is 6.21. The predicted octanol–water partition coefficient (Wildman–Crippen LogP) is 1.77. The number of hydrogen-bond donors (Lipinski definition) is 3. The molecule has 0 unspecified atom stereocenters. The molecule has 9 heteroatoms. The Labute approximate surface area is 120 Å². The fourth-order valence-electron chi connectivity index (χ4n) is 1.73. The van der Waals surface area contributed by atoms with Gasteiger partial charge >= 0.3 is 0 Å². The summed E-state index contributed by atoms with van der Waals surface area (Å²) in [6.45, 7) is 1.54. The monoisotopic (exact) mass is 318 g/mol. The first-order valence-electron chi connectivity index (χ1n) is 5.57. The summed E-state index contributed by atoms with van der Waals surface area (Å²) in [6, 6.07) is 3.54.